The summed E-state index contributed by atoms with van der Waals surface area (Å²) in [5.74, 6) is -0.553. The van der Waals surface area contributed by atoms with Gasteiger partial charge in [0.05, 0.1) is 18.8 Å². The number of hydrogen-bond acceptors (Lipinski definition) is 5. The van der Waals surface area contributed by atoms with E-state index in [1.54, 1.807) is 12.1 Å². The van der Waals surface area contributed by atoms with E-state index < -0.39 is 11.8 Å². The molecule has 1 aliphatic heterocycles. The summed E-state index contributed by atoms with van der Waals surface area (Å²) in [6.07, 6.45) is 2.31. The van der Waals surface area contributed by atoms with E-state index in [2.05, 4.69) is 25.8 Å². The molecule has 0 bridgehead atoms. The first kappa shape index (κ1) is 20.7. The second-order valence-corrected chi connectivity index (χ2v) is 6.55. The minimum Gasteiger partial charge on any atom is -0.379 e. The van der Waals surface area contributed by atoms with Gasteiger partial charge in [0.2, 0.25) is 0 Å². The lowest BCUT2D eigenvalue weighted by molar-refractivity contribution is 0.0374. The molecule has 1 aromatic carbocycles. The number of halogens is 1. The molecular formula is C20H24FN5O3. The highest BCUT2D eigenvalue weighted by Crippen LogP contribution is 2.13. The molecule has 1 fully saturated rings. The van der Waals surface area contributed by atoms with Crippen LogP contribution in [0.4, 0.5) is 20.7 Å². The molecule has 1 aromatic heterocycles. The summed E-state index contributed by atoms with van der Waals surface area (Å²) in [4.78, 5) is 31.0. The van der Waals surface area contributed by atoms with Crippen molar-refractivity contribution in [2.75, 3.05) is 50.0 Å². The molecule has 0 saturated carbocycles. The number of amides is 3. The van der Waals surface area contributed by atoms with Crippen molar-refractivity contribution in [1.29, 1.82) is 0 Å². The highest BCUT2D eigenvalue weighted by atomic mass is 19.1. The Morgan fingerprint density at radius 1 is 1.10 bits per heavy atom. The van der Waals surface area contributed by atoms with Gasteiger partial charge in [0, 0.05) is 31.5 Å². The van der Waals surface area contributed by atoms with E-state index in [0.29, 0.717) is 12.2 Å². The topological polar surface area (TPSA) is 95.6 Å². The number of urea groups is 1. The SMILES string of the molecule is O=C(Nc1ccc(F)cc1)Nc1ncccc1C(=O)NCCCN1CCOCC1. The summed E-state index contributed by atoms with van der Waals surface area (Å²) in [6, 6.07) is 8.02. The van der Waals surface area contributed by atoms with E-state index in [0.717, 1.165) is 39.3 Å². The second-order valence-electron chi connectivity index (χ2n) is 6.55. The molecule has 3 rings (SSSR count). The van der Waals surface area contributed by atoms with E-state index in [4.69, 9.17) is 4.74 Å². The Kier molecular flexibility index (Phi) is 7.48. The zero-order valence-electron chi connectivity index (χ0n) is 16.0. The first-order valence-electron chi connectivity index (χ1n) is 9.49. The monoisotopic (exact) mass is 401 g/mol. The molecule has 0 atom stereocenters. The first-order chi connectivity index (χ1) is 14.1. The molecule has 0 spiro atoms. The maximum Gasteiger partial charge on any atom is 0.324 e. The van der Waals surface area contributed by atoms with E-state index in [1.807, 2.05) is 0 Å². The zero-order chi connectivity index (χ0) is 20.5. The smallest absolute Gasteiger partial charge is 0.324 e. The van der Waals surface area contributed by atoms with E-state index >= 15 is 0 Å². The molecule has 29 heavy (non-hydrogen) atoms. The van der Waals surface area contributed by atoms with Gasteiger partial charge in [-0.2, -0.15) is 0 Å². The molecular weight excluding hydrogens is 377 g/mol. The molecule has 0 aliphatic carbocycles. The van der Waals surface area contributed by atoms with Crippen LogP contribution in [0.25, 0.3) is 0 Å². The van der Waals surface area contributed by atoms with Crippen LogP contribution in [0.5, 0.6) is 0 Å². The Balaban J connectivity index is 1.50. The summed E-state index contributed by atoms with van der Waals surface area (Å²) < 4.78 is 18.3. The average Bonchev–Trinajstić information content (AvgIpc) is 2.74. The number of benzene rings is 1. The third-order valence-electron chi connectivity index (χ3n) is 4.43. The first-order valence-corrected chi connectivity index (χ1v) is 9.49. The number of nitrogens with one attached hydrogen (secondary N) is 3. The van der Waals surface area contributed by atoms with Gasteiger partial charge in [-0.15, -0.1) is 0 Å². The van der Waals surface area contributed by atoms with Crippen LogP contribution in [0.2, 0.25) is 0 Å². The highest BCUT2D eigenvalue weighted by molar-refractivity contribution is 6.05. The summed E-state index contributed by atoms with van der Waals surface area (Å²) >= 11 is 0. The zero-order valence-corrected chi connectivity index (χ0v) is 16.0. The van der Waals surface area contributed by atoms with Crippen LogP contribution in [0.3, 0.4) is 0 Å². The van der Waals surface area contributed by atoms with Crippen molar-refractivity contribution in [3.63, 3.8) is 0 Å². The largest absolute Gasteiger partial charge is 0.379 e. The molecule has 8 nitrogen and oxygen atoms in total. The Labute approximate surface area is 168 Å². The van der Waals surface area contributed by atoms with Gasteiger partial charge < -0.3 is 15.4 Å². The number of aromatic nitrogens is 1. The summed E-state index contributed by atoms with van der Waals surface area (Å²) in [7, 11) is 0. The van der Waals surface area contributed by atoms with Crippen molar-refractivity contribution < 1.29 is 18.7 Å². The quantitative estimate of drug-likeness (QED) is 0.619. The van der Waals surface area contributed by atoms with Crippen molar-refractivity contribution >= 4 is 23.4 Å². The Hall–Kier alpha value is -3.04. The van der Waals surface area contributed by atoms with Gasteiger partial charge in [-0.05, 0) is 49.4 Å². The van der Waals surface area contributed by atoms with Crippen molar-refractivity contribution in [2.45, 2.75) is 6.42 Å². The highest BCUT2D eigenvalue weighted by Gasteiger charge is 2.15. The van der Waals surface area contributed by atoms with Crippen molar-refractivity contribution in [1.82, 2.24) is 15.2 Å². The Morgan fingerprint density at radius 3 is 2.62 bits per heavy atom. The maximum absolute atomic E-state index is 13.0. The van der Waals surface area contributed by atoms with Crippen LogP contribution in [0, 0.1) is 5.82 Å². The molecule has 1 aliphatic rings. The summed E-state index contributed by atoms with van der Waals surface area (Å²) in [5.41, 5.74) is 0.696. The van der Waals surface area contributed by atoms with Crippen LogP contribution >= 0.6 is 0 Å². The predicted molar refractivity (Wildman–Crippen MR) is 107 cm³/mol. The fraction of sp³-hybridized carbons (Fsp3) is 0.350. The molecule has 2 heterocycles. The predicted octanol–water partition coefficient (Wildman–Crippen LogP) is 2.32. The van der Waals surface area contributed by atoms with Gasteiger partial charge in [0.25, 0.3) is 5.91 Å². The van der Waals surface area contributed by atoms with Crippen LogP contribution in [0.15, 0.2) is 42.6 Å². The molecule has 2 aromatic rings. The number of anilines is 2. The molecule has 3 N–H and O–H groups in total. The number of hydrogen-bond donors (Lipinski definition) is 3. The summed E-state index contributed by atoms with van der Waals surface area (Å²) in [5, 5.41) is 7.98. The number of ether oxygens (including phenoxy) is 1. The van der Waals surface area contributed by atoms with Gasteiger partial charge in [-0.25, -0.2) is 14.2 Å². The Morgan fingerprint density at radius 2 is 1.86 bits per heavy atom. The third-order valence-corrected chi connectivity index (χ3v) is 4.43. The van der Waals surface area contributed by atoms with Gasteiger partial charge in [0.1, 0.15) is 11.6 Å². The van der Waals surface area contributed by atoms with Gasteiger partial charge in [-0.3, -0.25) is 15.0 Å². The molecule has 0 radical (unpaired) electrons. The fourth-order valence-electron chi connectivity index (χ4n) is 2.92. The number of nitrogens with zero attached hydrogens (tertiary/aromatic N) is 2. The number of rotatable bonds is 7. The third kappa shape index (κ3) is 6.51. The molecule has 1 saturated heterocycles. The van der Waals surface area contributed by atoms with Crippen LogP contribution < -0.4 is 16.0 Å². The lowest BCUT2D eigenvalue weighted by Crippen LogP contribution is -2.38. The van der Waals surface area contributed by atoms with Crippen LogP contribution in [0.1, 0.15) is 16.8 Å². The lowest BCUT2D eigenvalue weighted by atomic mass is 10.2. The summed E-state index contributed by atoms with van der Waals surface area (Å²) in [6.45, 7) is 4.73. The number of morpholine rings is 1. The standard InChI is InChI=1S/C20H24FN5O3/c21-15-4-6-16(7-5-15)24-20(28)25-18-17(3-1-8-22-18)19(27)23-9-2-10-26-11-13-29-14-12-26/h1,3-8H,2,9-14H2,(H,23,27)(H2,22,24,25,28). The number of carbonyl (C=O) groups is 2. The van der Waals surface area contributed by atoms with Crippen LogP contribution in [-0.2, 0) is 4.74 Å². The van der Waals surface area contributed by atoms with E-state index in [-0.39, 0.29) is 17.3 Å². The van der Waals surface area contributed by atoms with Gasteiger partial charge in [0.15, 0.2) is 0 Å². The van der Waals surface area contributed by atoms with Crippen molar-refractivity contribution in [3.05, 3.63) is 54.0 Å². The molecule has 154 valence electrons. The second kappa shape index (κ2) is 10.5. The van der Waals surface area contributed by atoms with E-state index in [1.165, 1.54) is 30.5 Å². The minimum absolute atomic E-state index is 0.151. The van der Waals surface area contributed by atoms with Gasteiger partial charge in [-0.1, -0.05) is 0 Å². The minimum atomic E-state index is -0.573. The Bertz CT molecular complexity index is 825. The molecule has 9 heteroatoms. The van der Waals surface area contributed by atoms with E-state index in [9.17, 15) is 14.0 Å². The number of carbonyl (C=O) groups excluding carboxylic acids is 2. The number of pyridine rings is 1. The fourth-order valence-corrected chi connectivity index (χ4v) is 2.92. The van der Waals surface area contributed by atoms with Gasteiger partial charge >= 0.3 is 6.03 Å². The molecule has 3 amide bonds. The van der Waals surface area contributed by atoms with Crippen molar-refractivity contribution in [2.24, 2.45) is 0 Å². The normalized spacial score (nSPS) is 14.2. The average molecular weight is 401 g/mol. The molecule has 0 unspecified atom stereocenters. The maximum atomic E-state index is 13.0. The van der Waals surface area contributed by atoms with Crippen LogP contribution in [-0.4, -0.2) is 61.2 Å². The van der Waals surface area contributed by atoms with Crippen molar-refractivity contribution in [3.8, 4) is 0 Å². The lowest BCUT2D eigenvalue weighted by Gasteiger charge is -2.26.